The van der Waals surface area contributed by atoms with Gasteiger partial charge >= 0.3 is 0 Å². The topological polar surface area (TPSA) is 20.3 Å². The van der Waals surface area contributed by atoms with Gasteiger partial charge in [-0.25, -0.2) is 0 Å². The van der Waals surface area contributed by atoms with E-state index in [4.69, 9.17) is 0 Å². The number of nitrogens with zero attached hydrogens (tertiary/aromatic N) is 1. The largest absolute Gasteiger partial charge is 0.309 e. The van der Waals surface area contributed by atoms with Gasteiger partial charge in [0, 0.05) is 7.45 Å². The first-order valence-corrected chi connectivity index (χ1v) is 7.61. The van der Waals surface area contributed by atoms with Crippen LogP contribution in [-0.4, -0.2) is 16.1 Å². The van der Waals surface area contributed by atoms with E-state index in [0.29, 0.717) is 6.42 Å². The van der Waals surface area contributed by atoms with Crippen molar-refractivity contribution in [2.24, 2.45) is 0 Å². The van der Waals surface area contributed by atoms with Crippen molar-refractivity contribution < 1.29 is 4.79 Å². The monoisotopic (exact) mass is 195 g/mol. The molecule has 0 radical (unpaired) electrons. The van der Waals surface area contributed by atoms with E-state index in [0.717, 1.165) is 0 Å². The minimum absolute atomic E-state index is 0.103. The number of hydrogen-bond donors (Lipinski definition) is 0. The second-order valence-corrected chi connectivity index (χ2v) is 9.20. The first-order chi connectivity index (χ1) is 4.45. The van der Waals surface area contributed by atoms with Gasteiger partial charge < -0.3 is 4.67 Å². The lowest BCUT2D eigenvalue weighted by molar-refractivity contribution is -0.142. The van der Waals surface area contributed by atoms with Crippen LogP contribution in [0.5, 0.6) is 0 Å². The third-order valence-electron chi connectivity index (χ3n) is 1.62. The van der Waals surface area contributed by atoms with Crippen LogP contribution in [0.15, 0.2) is 0 Å². The minimum atomic E-state index is -0.385. The highest BCUT2D eigenvalue weighted by Gasteiger charge is 2.44. The molecule has 10 heavy (non-hydrogen) atoms. The molecular weight excluding hydrogens is 183 g/mol. The van der Waals surface area contributed by atoms with Crippen LogP contribution < -0.4 is 0 Å². The Kier molecular flexibility index (Phi) is 2.36. The molecule has 1 saturated heterocycles. The summed E-state index contributed by atoms with van der Waals surface area (Å²) in [6.45, 7) is 4.19. The normalized spacial score (nSPS) is 23.3. The van der Waals surface area contributed by atoms with Gasteiger partial charge in [0.2, 0.25) is 5.91 Å². The number of hydrogen-bond acceptors (Lipinski definition) is 1. The van der Waals surface area contributed by atoms with Crippen molar-refractivity contribution in [3.05, 3.63) is 0 Å². The SMILES string of the molecule is CC1(C)CC(=O)N1P(P)P. The van der Waals surface area contributed by atoms with E-state index in [1.54, 1.807) is 0 Å². The molecule has 0 aliphatic carbocycles. The summed E-state index contributed by atoms with van der Waals surface area (Å²) in [4.78, 5) is 11.0. The molecule has 1 rings (SSSR count). The van der Waals surface area contributed by atoms with Gasteiger partial charge in [0.1, 0.15) is 0 Å². The highest BCUT2D eigenvalue weighted by atomic mass is 32.4. The average Bonchev–Trinajstić information content (AvgIpc) is 1.58. The smallest absolute Gasteiger partial charge is 0.229 e. The van der Waals surface area contributed by atoms with E-state index in [2.05, 4.69) is 31.7 Å². The summed E-state index contributed by atoms with van der Waals surface area (Å²) in [5.41, 5.74) is 0.103. The second-order valence-electron chi connectivity index (χ2n) is 3.07. The lowest BCUT2D eigenvalue weighted by Gasteiger charge is -2.49. The summed E-state index contributed by atoms with van der Waals surface area (Å²) in [6.07, 6.45) is 0.703. The van der Waals surface area contributed by atoms with Gasteiger partial charge in [-0.05, 0) is 13.8 Å². The van der Waals surface area contributed by atoms with Crippen LogP contribution in [-0.2, 0) is 4.79 Å². The molecule has 0 saturated carbocycles. The molecule has 0 aromatic carbocycles. The van der Waals surface area contributed by atoms with Crippen molar-refractivity contribution in [3.63, 3.8) is 0 Å². The van der Waals surface area contributed by atoms with E-state index >= 15 is 0 Å². The molecule has 5 heteroatoms. The Hall–Kier alpha value is 0.760. The Labute approximate surface area is 67.1 Å². The molecule has 2 nitrogen and oxygen atoms in total. The predicted molar refractivity (Wildman–Crippen MR) is 51.9 cm³/mol. The molecule has 2 atom stereocenters. The van der Waals surface area contributed by atoms with Crippen molar-refractivity contribution in [3.8, 4) is 0 Å². The fourth-order valence-corrected chi connectivity index (χ4v) is 4.88. The van der Waals surface area contributed by atoms with E-state index in [1.165, 1.54) is 0 Å². The summed E-state index contributed by atoms with van der Waals surface area (Å²) in [5, 5.41) is 0. The van der Waals surface area contributed by atoms with Crippen LogP contribution in [0.2, 0.25) is 0 Å². The Morgan fingerprint density at radius 2 is 2.10 bits per heavy atom. The number of carbonyl (C=O) groups is 1. The molecule has 0 spiro atoms. The molecule has 1 fully saturated rings. The van der Waals surface area contributed by atoms with Crippen molar-refractivity contribution in [1.29, 1.82) is 0 Å². The quantitative estimate of drug-likeness (QED) is 0.462. The zero-order valence-electron chi connectivity index (χ0n) is 6.16. The lowest BCUT2D eigenvalue weighted by Crippen LogP contribution is -2.55. The van der Waals surface area contributed by atoms with Gasteiger partial charge in [0.15, 0.2) is 0 Å². The highest BCUT2D eigenvalue weighted by molar-refractivity contribution is 8.42. The van der Waals surface area contributed by atoms with Gasteiger partial charge in [-0.1, -0.05) is 17.9 Å². The second kappa shape index (κ2) is 2.67. The van der Waals surface area contributed by atoms with Crippen molar-refractivity contribution in [1.82, 2.24) is 4.67 Å². The standard InChI is InChI=1S/C5H12NOP3/c1-5(2)3-4(7)6(5)10(8)9/h3,8-9H2,1-2H3. The predicted octanol–water partition coefficient (Wildman–Crippen LogP) is 1.97. The fraction of sp³-hybridized carbons (Fsp3) is 0.800. The van der Waals surface area contributed by atoms with Gasteiger partial charge in [-0.15, -0.1) is 0 Å². The third kappa shape index (κ3) is 1.35. The van der Waals surface area contributed by atoms with Gasteiger partial charge in [-0.2, -0.15) is 0 Å². The van der Waals surface area contributed by atoms with Crippen LogP contribution in [0.1, 0.15) is 20.3 Å². The molecule has 0 aromatic rings. The molecule has 0 aromatic heterocycles. The Balaban J connectivity index is 2.66. The molecule has 1 amide bonds. The molecule has 58 valence electrons. The highest BCUT2D eigenvalue weighted by Crippen LogP contribution is 2.62. The van der Waals surface area contributed by atoms with E-state index in [-0.39, 0.29) is 18.9 Å². The fourth-order valence-electron chi connectivity index (χ4n) is 1.21. The van der Waals surface area contributed by atoms with Crippen LogP contribution >= 0.6 is 25.3 Å². The first kappa shape index (κ1) is 8.85. The molecule has 0 N–H and O–H groups in total. The maximum absolute atomic E-state index is 11.0. The maximum Gasteiger partial charge on any atom is 0.229 e. The van der Waals surface area contributed by atoms with E-state index in [9.17, 15) is 4.79 Å². The molecule has 0 bridgehead atoms. The minimum Gasteiger partial charge on any atom is -0.309 e. The average molecular weight is 195 g/mol. The van der Waals surface area contributed by atoms with Crippen LogP contribution in [0, 0.1) is 0 Å². The summed E-state index contributed by atoms with van der Waals surface area (Å²) in [6, 6.07) is 0. The number of amides is 1. The molecule has 1 aliphatic heterocycles. The Morgan fingerprint density at radius 1 is 1.60 bits per heavy atom. The van der Waals surface area contributed by atoms with Crippen molar-refractivity contribution >= 4 is 31.2 Å². The number of rotatable bonds is 1. The summed E-state index contributed by atoms with van der Waals surface area (Å²) in [7, 11) is 4.95. The van der Waals surface area contributed by atoms with Gasteiger partial charge in [0.25, 0.3) is 0 Å². The van der Waals surface area contributed by atoms with Crippen LogP contribution in [0.4, 0.5) is 0 Å². The molecule has 1 heterocycles. The zero-order chi connectivity index (χ0) is 7.94. The number of β-lactam (4-membered cyclic amide) rings is 1. The van der Waals surface area contributed by atoms with Crippen molar-refractivity contribution in [2.75, 3.05) is 0 Å². The summed E-state index contributed by atoms with van der Waals surface area (Å²) < 4.78 is 1.93. The van der Waals surface area contributed by atoms with Gasteiger partial charge in [0.05, 0.1) is 12.0 Å². The summed E-state index contributed by atoms with van der Waals surface area (Å²) in [5.74, 6) is 0.279. The Morgan fingerprint density at radius 3 is 2.20 bits per heavy atom. The lowest BCUT2D eigenvalue weighted by atomic mass is 9.92. The van der Waals surface area contributed by atoms with E-state index < -0.39 is 0 Å². The first-order valence-electron chi connectivity index (χ1n) is 3.07. The van der Waals surface area contributed by atoms with Gasteiger partial charge in [-0.3, -0.25) is 4.79 Å². The van der Waals surface area contributed by atoms with E-state index in [1.807, 2.05) is 4.67 Å². The maximum atomic E-state index is 11.0. The molecular formula is C5H12NOP3. The molecule has 2 unspecified atom stereocenters. The molecule has 1 aliphatic rings. The zero-order valence-corrected chi connectivity index (χ0v) is 9.37. The summed E-state index contributed by atoms with van der Waals surface area (Å²) >= 11 is 0. The van der Waals surface area contributed by atoms with Crippen molar-refractivity contribution in [2.45, 2.75) is 25.8 Å². The van der Waals surface area contributed by atoms with Crippen LogP contribution in [0.25, 0.3) is 0 Å². The third-order valence-corrected chi connectivity index (χ3v) is 4.24. The Bertz CT molecular complexity index is 168. The number of carbonyl (C=O) groups excluding carboxylic acids is 1. The van der Waals surface area contributed by atoms with Crippen LogP contribution in [0.3, 0.4) is 0 Å².